The normalized spacial score (nSPS) is 22.4. The van der Waals surface area contributed by atoms with Crippen LogP contribution in [0.4, 0.5) is 0 Å². The summed E-state index contributed by atoms with van der Waals surface area (Å²) in [7, 11) is 1.63. The third-order valence-electron chi connectivity index (χ3n) is 5.54. The Kier molecular flexibility index (Phi) is 5.30. The molecule has 1 amide bonds. The minimum absolute atomic E-state index is 0.0541. The number of carbonyl (C=O) groups is 1. The molecule has 1 fully saturated rings. The van der Waals surface area contributed by atoms with Crippen molar-refractivity contribution in [2.24, 2.45) is 0 Å². The molecule has 1 N–H and O–H groups in total. The Balaban J connectivity index is 1.44. The van der Waals surface area contributed by atoms with Crippen LogP contribution in [0, 0.1) is 0 Å². The average Bonchev–Trinajstić information content (AvgIpc) is 2.73. The molecule has 27 heavy (non-hydrogen) atoms. The molecular weight excluding hydrogens is 340 g/mol. The van der Waals surface area contributed by atoms with E-state index >= 15 is 0 Å². The number of piperidine rings is 1. The fourth-order valence-corrected chi connectivity index (χ4v) is 4.08. The largest absolute Gasteiger partial charge is 0.497 e. The summed E-state index contributed by atoms with van der Waals surface area (Å²) in [6.45, 7) is 2.30. The van der Waals surface area contributed by atoms with Crippen LogP contribution in [0.25, 0.3) is 0 Å². The van der Waals surface area contributed by atoms with Crippen molar-refractivity contribution in [3.8, 4) is 11.5 Å². The first-order valence-electron chi connectivity index (χ1n) is 9.65. The van der Waals surface area contributed by atoms with Gasteiger partial charge in [-0.05, 0) is 36.8 Å². The van der Waals surface area contributed by atoms with E-state index in [-0.39, 0.29) is 11.8 Å². The molecule has 5 heteroatoms. The van der Waals surface area contributed by atoms with Crippen molar-refractivity contribution in [3.63, 3.8) is 0 Å². The van der Waals surface area contributed by atoms with E-state index in [0.717, 1.165) is 43.0 Å². The van der Waals surface area contributed by atoms with Gasteiger partial charge in [0.25, 0.3) is 0 Å². The maximum atomic E-state index is 13.0. The van der Waals surface area contributed by atoms with Crippen molar-refractivity contribution in [1.29, 1.82) is 0 Å². The summed E-state index contributed by atoms with van der Waals surface area (Å²) < 4.78 is 11.0. The zero-order chi connectivity index (χ0) is 18.6. The lowest BCUT2D eigenvalue weighted by Crippen LogP contribution is -2.49. The number of ether oxygens (including phenoxy) is 2. The molecule has 2 aliphatic heterocycles. The highest BCUT2D eigenvalue weighted by Crippen LogP contribution is 2.36. The Morgan fingerprint density at radius 3 is 2.85 bits per heavy atom. The minimum Gasteiger partial charge on any atom is -0.497 e. The quantitative estimate of drug-likeness (QED) is 0.900. The summed E-state index contributed by atoms with van der Waals surface area (Å²) in [5.41, 5.74) is 5.45. The Morgan fingerprint density at radius 2 is 2.04 bits per heavy atom. The van der Waals surface area contributed by atoms with Crippen LogP contribution >= 0.6 is 0 Å². The van der Waals surface area contributed by atoms with Crippen molar-refractivity contribution in [2.45, 2.75) is 31.1 Å². The number of carbonyl (C=O) groups excluding carboxylic acids is 1. The van der Waals surface area contributed by atoms with E-state index in [9.17, 15) is 4.79 Å². The maximum Gasteiger partial charge on any atom is 0.242 e. The monoisotopic (exact) mass is 366 g/mol. The second kappa shape index (κ2) is 8.01. The van der Waals surface area contributed by atoms with Crippen LogP contribution in [0.2, 0.25) is 0 Å². The lowest BCUT2D eigenvalue weighted by atomic mass is 9.91. The van der Waals surface area contributed by atoms with Gasteiger partial charge >= 0.3 is 0 Å². The first-order chi connectivity index (χ1) is 13.2. The highest BCUT2D eigenvalue weighted by Gasteiger charge is 2.30. The number of hydrogen-bond donors (Lipinski definition) is 1. The minimum atomic E-state index is -0.184. The van der Waals surface area contributed by atoms with Gasteiger partial charge < -0.3 is 9.47 Å². The van der Waals surface area contributed by atoms with E-state index < -0.39 is 0 Å². The van der Waals surface area contributed by atoms with E-state index in [0.29, 0.717) is 18.9 Å². The van der Waals surface area contributed by atoms with Gasteiger partial charge in [0.05, 0.1) is 19.6 Å². The number of nitrogens with one attached hydrogen (secondary N) is 1. The number of nitrogens with zero attached hydrogens (tertiary/aromatic N) is 1. The average molecular weight is 366 g/mol. The molecule has 2 atom stereocenters. The van der Waals surface area contributed by atoms with Gasteiger partial charge in [-0.15, -0.1) is 0 Å². The van der Waals surface area contributed by atoms with Crippen LogP contribution in [0.5, 0.6) is 11.5 Å². The molecule has 0 saturated carbocycles. The third-order valence-corrected chi connectivity index (χ3v) is 5.54. The zero-order valence-electron chi connectivity index (χ0n) is 15.7. The smallest absolute Gasteiger partial charge is 0.242 e. The molecule has 2 unspecified atom stereocenters. The topological polar surface area (TPSA) is 50.8 Å². The molecule has 0 spiro atoms. The maximum absolute atomic E-state index is 13.0. The molecule has 142 valence electrons. The lowest BCUT2D eigenvalue weighted by molar-refractivity contribution is -0.128. The SMILES string of the molecule is COc1ccc2c(c1)OCCC2C(=O)NN1CCCC(c2ccccc2)C1. The molecule has 0 aromatic heterocycles. The van der Waals surface area contributed by atoms with E-state index in [1.165, 1.54) is 5.56 Å². The van der Waals surface area contributed by atoms with Gasteiger partial charge in [0, 0.05) is 24.7 Å². The Labute approximate surface area is 160 Å². The number of methoxy groups -OCH3 is 1. The summed E-state index contributed by atoms with van der Waals surface area (Å²) in [6.07, 6.45) is 2.94. The van der Waals surface area contributed by atoms with E-state index in [1.807, 2.05) is 24.3 Å². The van der Waals surface area contributed by atoms with Crippen LogP contribution in [0.15, 0.2) is 48.5 Å². The van der Waals surface area contributed by atoms with Crippen molar-refractivity contribution < 1.29 is 14.3 Å². The molecule has 2 aliphatic rings. The number of fused-ring (bicyclic) bond motifs is 1. The number of benzene rings is 2. The van der Waals surface area contributed by atoms with E-state index in [2.05, 4.69) is 34.7 Å². The number of rotatable bonds is 4. The fraction of sp³-hybridized carbons (Fsp3) is 0.409. The summed E-state index contributed by atoms with van der Waals surface area (Å²) in [5, 5.41) is 2.09. The molecule has 4 rings (SSSR count). The van der Waals surface area contributed by atoms with Crippen molar-refractivity contribution in [3.05, 3.63) is 59.7 Å². The predicted molar refractivity (Wildman–Crippen MR) is 104 cm³/mol. The molecule has 2 heterocycles. The molecule has 2 aromatic rings. The molecule has 0 radical (unpaired) electrons. The first-order valence-corrected chi connectivity index (χ1v) is 9.65. The summed E-state index contributed by atoms with van der Waals surface area (Å²) in [6, 6.07) is 16.3. The standard InChI is InChI=1S/C22H26N2O3/c1-26-18-9-10-19-20(11-13-27-21(19)14-18)22(25)23-24-12-5-8-17(15-24)16-6-3-2-4-7-16/h2-4,6-7,9-10,14,17,20H,5,8,11-13,15H2,1H3,(H,23,25). The molecule has 2 aromatic carbocycles. The summed E-state index contributed by atoms with van der Waals surface area (Å²) in [5.74, 6) is 1.83. The number of hydrazine groups is 1. The van der Waals surface area contributed by atoms with Gasteiger partial charge in [0.2, 0.25) is 5.91 Å². The first kappa shape index (κ1) is 17.9. The molecular formula is C22H26N2O3. The van der Waals surface area contributed by atoms with Crippen molar-refractivity contribution >= 4 is 5.91 Å². The van der Waals surface area contributed by atoms with Gasteiger partial charge in [-0.25, -0.2) is 5.01 Å². The van der Waals surface area contributed by atoms with Gasteiger partial charge in [-0.2, -0.15) is 0 Å². The van der Waals surface area contributed by atoms with Crippen LogP contribution in [0.1, 0.15) is 42.2 Å². The van der Waals surface area contributed by atoms with Crippen molar-refractivity contribution in [2.75, 3.05) is 26.8 Å². The van der Waals surface area contributed by atoms with Crippen LogP contribution < -0.4 is 14.9 Å². The Morgan fingerprint density at radius 1 is 1.19 bits per heavy atom. The van der Waals surface area contributed by atoms with Gasteiger partial charge in [0.15, 0.2) is 0 Å². The molecule has 1 saturated heterocycles. The van der Waals surface area contributed by atoms with Crippen LogP contribution in [0.3, 0.4) is 0 Å². The third kappa shape index (κ3) is 3.93. The second-order valence-electron chi connectivity index (χ2n) is 7.27. The van der Waals surface area contributed by atoms with Gasteiger partial charge in [0.1, 0.15) is 11.5 Å². The summed E-state index contributed by atoms with van der Waals surface area (Å²) >= 11 is 0. The number of amides is 1. The zero-order valence-corrected chi connectivity index (χ0v) is 15.7. The van der Waals surface area contributed by atoms with Crippen molar-refractivity contribution in [1.82, 2.24) is 10.4 Å². The lowest BCUT2D eigenvalue weighted by Gasteiger charge is -2.34. The Bertz CT molecular complexity index is 793. The highest BCUT2D eigenvalue weighted by molar-refractivity contribution is 5.84. The van der Waals surface area contributed by atoms with Gasteiger partial charge in [-0.1, -0.05) is 36.4 Å². The fourth-order valence-electron chi connectivity index (χ4n) is 4.08. The van der Waals surface area contributed by atoms with E-state index in [4.69, 9.17) is 9.47 Å². The van der Waals surface area contributed by atoms with Crippen LogP contribution in [-0.4, -0.2) is 37.7 Å². The molecule has 0 aliphatic carbocycles. The highest BCUT2D eigenvalue weighted by atomic mass is 16.5. The van der Waals surface area contributed by atoms with Gasteiger partial charge in [-0.3, -0.25) is 10.2 Å². The summed E-state index contributed by atoms with van der Waals surface area (Å²) in [4.78, 5) is 13.0. The molecule has 0 bridgehead atoms. The second-order valence-corrected chi connectivity index (χ2v) is 7.27. The van der Waals surface area contributed by atoms with Crippen LogP contribution in [-0.2, 0) is 4.79 Å². The molecule has 5 nitrogen and oxygen atoms in total. The predicted octanol–water partition coefficient (Wildman–Crippen LogP) is 3.47. The Hall–Kier alpha value is -2.53. The number of hydrogen-bond acceptors (Lipinski definition) is 4. The van der Waals surface area contributed by atoms with E-state index in [1.54, 1.807) is 7.11 Å².